The van der Waals surface area contributed by atoms with Crippen molar-refractivity contribution in [1.29, 1.82) is 0 Å². The Morgan fingerprint density at radius 2 is 1.96 bits per heavy atom. The Balaban J connectivity index is 1.55. The van der Waals surface area contributed by atoms with Crippen LogP contribution in [-0.2, 0) is 13.0 Å². The predicted octanol–water partition coefficient (Wildman–Crippen LogP) is 5.51. The molecule has 1 aromatic heterocycles. The van der Waals surface area contributed by atoms with Crippen LogP contribution in [0.2, 0.25) is 10.0 Å². The molecular formula is C17H15Cl2N3S. The molecule has 1 aliphatic heterocycles. The fourth-order valence-corrected chi connectivity index (χ4v) is 4.35. The molecule has 118 valence electrons. The average molecular weight is 364 g/mol. The highest BCUT2D eigenvalue weighted by Gasteiger charge is 2.22. The Labute approximate surface area is 149 Å². The van der Waals surface area contributed by atoms with E-state index in [0.717, 1.165) is 36.1 Å². The lowest BCUT2D eigenvalue weighted by Gasteiger charge is -2.28. The third kappa shape index (κ3) is 2.92. The summed E-state index contributed by atoms with van der Waals surface area (Å²) in [5, 5.41) is 2.24. The molecule has 23 heavy (non-hydrogen) atoms. The van der Waals surface area contributed by atoms with Crippen molar-refractivity contribution < 1.29 is 0 Å². The topological polar surface area (TPSA) is 31.1 Å². The number of nitrogens with zero attached hydrogens (tertiary/aromatic N) is 1. The molecule has 0 saturated carbocycles. The number of hydrogen-bond donors (Lipinski definition) is 2. The number of benzene rings is 2. The largest absolute Gasteiger partial charge is 0.358 e. The molecule has 2 heterocycles. The molecule has 3 aromatic rings. The van der Waals surface area contributed by atoms with Crippen molar-refractivity contribution in [2.75, 3.05) is 11.3 Å². The number of halogens is 2. The summed E-state index contributed by atoms with van der Waals surface area (Å²) in [6.07, 6.45) is 2.81. The summed E-state index contributed by atoms with van der Waals surface area (Å²) in [6.45, 7) is 1.83. The summed E-state index contributed by atoms with van der Waals surface area (Å²) in [6, 6.07) is 12.6. The summed E-state index contributed by atoms with van der Waals surface area (Å²) in [5.41, 5.74) is 4.60. The number of anilines is 1. The van der Waals surface area contributed by atoms with Crippen molar-refractivity contribution in [1.82, 2.24) is 9.29 Å². The molecule has 2 aromatic carbocycles. The monoisotopic (exact) mass is 363 g/mol. The second-order valence-corrected chi connectivity index (χ2v) is 7.29. The Morgan fingerprint density at radius 3 is 2.78 bits per heavy atom. The highest BCUT2D eigenvalue weighted by molar-refractivity contribution is 7.98. The smallest absolute Gasteiger partial charge is 0.0742 e. The SMILES string of the molecule is Clc1c[nH]c2c3c(cc(Cl)c12)CN(CCc1ccccc1)SN3. The van der Waals surface area contributed by atoms with E-state index in [9.17, 15) is 0 Å². The summed E-state index contributed by atoms with van der Waals surface area (Å²) in [4.78, 5) is 3.22. The molecule has 0 spiro atoms. The van der Waals surface area contributed by atoms with Crippen LogP contribution in [0.25, 0.3) is 10.9 Å². The Bertz CT molecular complexity index is 848. The Hall–Kier alpha value is -1.33. The minimum Gasteiger partial charge on any atom is -0.358 e. The van der Waals surface area contributed by atoms with Crippen LogP contribution in [0.1, 0.15) is 11.1 Å². The average Bonchev–Trinajstić information content (AvgIpc) is 2.96. The lowest BCUT2D eigenvalue weighted by atomic mass is 10.1. The van der Waals surface area contributed by atoms with Gasteiger partial charge in [0.25, 0.3) is 0 Å². The number of rotatable bonds is 3. The molecule has 0 bridgehead atoms. The van der Waals surface area contributed by atoms with Gasteiger partial charge in [-0.05, 0) is 23.6 Å². The first-order valence-corrected chi connectivity index (χ1v) is 8.95. The van der Waals surface area contributed by atoms with E-state index in [0.29, 0.717) is 10.0 Å². The van der Waals surface area contributed by atoms with Crippen LogP contribution >= 0.6 is 35.3 Å². The van der Waals surface area contributed by atoms with Crippen LogP contribution in [0.4, 0.5) is 5.69 Å². The summed E-state index contributed by atoms with van der Waals surface area (Å²) >= 11 is 14.2. The highest BCUT2D eigenvalue weighted by Crippen LogP contribution is 2.41. The van der Waals surface area contributed by atoms with E-state index in [2.05, 4.69) is 38.3 Å². The number of H-pyrrole nitrogens is 1. The van der Waals surface area contributed by atoms with Crippen LogP contribution < -0.4 is 4.72 Å². The van der Waals surface area contributed by atoms with Crippen molar-refractivity contribution in [3.05, 3.63) is 63.8 Å². The summed E-state index contributed by atoms with van der Waals surface area (Å²) in [7, 11) is 0. The molecule has 0 aliphatic carbocycles. The first-order chi connectivity index (χ1) is 11.2. The normalized spacial score (nSPS) is 14.7. The van der Waals surface area contributed by atoms with E-state index < -0.39 is 0 Å². The molecule has 0 radical (unpaired) electrons. The van der Waals surface area contributed by atoms with E-state index in [1.54, 1.807) is 18.3 Å². The van der Waals surface area contributed by atoms with Gasteiger partial charge in [-0.3, -0.25) is 0 Å². The second kappa shape index (κ2) is 6.29. The van der Waals surface area contributed by atoms with Gasteiger partial charge in [-0.15, -0.1) is 0 Å². The van der Waals surface area contributed by atoms with E-state index in [1.807, 2.05) is 12.1 Å². The molecule has 4 rings (SSSR count). The van der Waals surface area contributed by atoms with Crippen LogP contribution in [0.3, 0.4) is 0 Å². The van der Waals surface area contributed by atoms with Gasteiger partial charge in [-0.25, -0.2) is 4.31 Å². The molecular weight excluding hydrogens is 349 g/mol. The van der Waals surface area contributed by atoms with Gasteiger partial charge >= 0.3 is 0 Å². The Morgan fingerprint density at radius 1 is 1.13 bits per heavy atom. The van der Waals surface area contributed by atoms with Gasteiger partial charge in [-0.2, -0.15) is 0 Å². The molecule has 0 fully saturated rings. The first-order valence-electron chi connectivity index (χ1n) is 7.42. The van der Waals surface area contributed by atoms with Crippen LogP contribution in [0, 0.1) is 0 Å². The van der Waals surface area contributed by atoms with Gasteiger partial charge in [0.1, 0.15) is 0 Å². The minimum absolute atomic E-state index is 0.658. The van der Waals surface area contributed by atoms with E-state index in [4.69, 9.17) is 23.2 Å². The van der Waals surface area contributed by atoms with E-state index >= 15 is 0 Å². The fraction of sp³-hybridized carbons (Fsp3) is 0.176. The van der Waals surface area contributed by atoms with Crippen molar-refractivity contribution in [3.63, 3.8) is 0 Å². The predicted molar refractivity (Wildman–Crippen MR) is 100 cm³/mol. The maximum Gasteiger partial charge on any atom is 0.0742 e. The zero-order valence-corrected chi connectivity index (χ0v) is 14.6. The van der Waals surface area contributed by atoms with Crippen LogP contribution in [0.15, 0.2) is 42.6 Å². The molecule has 1 aliphatic rings. The maximum absolute atomic E-state index is 6.40. The van der Waals surface area contributed by atoms with Crippen molar-refractivity contribution in [2.24, 2.45) is 0 Å². The fourth-order valence-electron chi connectivity index (χ4n) is 2.88. The van der Waals surface area contributed by atoms with Gasteiger partial charge in [0.2, 0.25) is 0 Å². The van der Waals surface area contributed by atoms with Crippen molar-refractivity contribution in [3.8, 4) is 0 Å². The maximum atomic E-state index is 6.40. The van der Waals surface area contributed by atoms with Gasteiger partial charge in [0.15, 0.2) is 0 Å². The molecule has 0 atom stereocenters. The quantitative estimate of drug-likeness (QED) is 0.601. The van der Waals surface area contributed by atoms with Crippen LogP contribution in [0.5, 0.6) is 0 Å². The highest BCUT2D eigenvalue weighted by atomic mass is 35.5. The zero-order chi connectivity index (χ0) is 15.8. The van der Waals surface area contributed by atoms with Crippen LogP contribution in [-0.4, -0.2) is 15.8 Å². The molecule has 0 saturated heterocycles. The minimum atomic E-state index is 0.658. The molecule has 0 amide bonds. The molecule has 6 heteroatoms. The number of nitrogens with one attached hydrogen (secondary N) is 2. The van der Waals surface area contributed by atoms with E-state index in [-0.39, 0.29) is 0 Å². The Kier molecular flexibility index (Phi) is 4.16. The van der Waals surface area contributed by atoms with Crippen molar-refractivity contribution >= 4 is 51.9 Å². The van der Waals surface area contributed by atoms with Gasteiger partial charge in [0, 0.05) is 36.8 Å². The lowest BCUT2D eigenvalue weighted by molar-refractivity contribution is 0.469. The standard InChI is InChI=1S/C17H15Cl2N3S/c18-13-8-12-10-22(7-6-11-4-2-1-3-5-11)23-21-16(12)17-15(13)14(19)9-20-17/h1-5,8-9,20-21H,6-7,10H2. The number of fused-ring (bicyclic) bond motifs is 3. The van der Waals surface area contributed by atoms with Gasteiger partial charge < -0.3 is 9.71 Å². The molecule has 3 nitrogen and oxygen atoms in total. The summed E-state index contributed by atoms with van der Waals surface area (Å²) < 4.78 is 5.73. The molecule has 0 unspecified atom stereocenters. The third-order valence-electron chi connectivity index (χ3n) is 4.06. The number of aromatic amines is 1. The molecule has 2 N–H and O–H groups in total. The van der Waals surface area contributed by atoms with E-state index in [1.165, 1.54) is 11.1 Å². The number of hydrogen-bond acceptors (Lipinski definition) is 3. The lowest BCUT2D eigenvalue weighted by Crippen LogP contribution is -2.24. The summed E-state index contributed by atoms with van der Waals surface area (Å²) in [5.74, 6) is 0. The van der Waals surface area contributed by atoms with Gasteiger partial charge in [-0.1, -0.05) is 53.5 Å². The second-order valence-electron chi connectivity index (χ2n) is 5.57. The zero-order valence-electron chi connectivity index (χ0n) is 12.3. The number of aromatic nitrogens is 1. The van der Waals surface area contributed by atoms with Crippen molar-refractivity contribution in [2.45, 2.75) is 13.0 Å². The van der Waals surface area contributed by atoms with Gasteiger partial charge in [0.05, 0.1) is 21.2 Å². The third-order valence-corrected chi connectivity index (χ3v) is 5.52. The first kappa shape index (κ1) is 15.2.